The van der Waals surface area contributed by atoms with Gasteiger partial charge < -0.3 is 15.6 Å². The average molecular weight is 347 g/mol. The molecule has 0 saturated heterocycles. The third-order valence-electron chi connectivity index (χ3n) is 5.19. The van der Waals surface area contributed by atoms with Gasteiger partial charge in [0.15, 0.2) is 17.2 Å². The zero-order valence-corrected chi connectivity index (χ0v) is 15.2. The number of carbonyl (C=O) groups is 2. The molecule has 0 atom stereocenters. The lowest BCUT2D eigenvalue weighted by atomic mass is 9.83. The smallest absolute Gasteiger partial charge is 0.257 e. The first-order valence-corrected chi connectivity index (χ1v) is 9.52. The van der Waals surface area contributed by atoms with Crippen LogP contribution >= 0.6 is 0 Å². The van der Waals surface area contributed by atoms with Crippen LogP contribution in [-0.4, -0.2) is 29.4 Å². The minimum atomic E-state index is -0.231. The highest BCUT2D eigenvalue weighted by Crippen LogP contribution is 2.42. The number of ketones is 1. The van der Waals surface area contributed by atoms with E-state index >= 15 is 0 Å². The summed E-state index contributed by atoms with van der Waals surface area (Å²) in [6, 6.07) is 0.261. The molecule has 2 saturated carbocycles. The molecule has 3 rings (SSSR count). The maximum Gasteiger partial charge on any atom is 0.257 e. The van der Waals surface area contributed by atoms with Crippen LogP contribution in [0.3, 0.4) is 0 Å². The van der Waals surface area contributed by atoms with Gasteiger partial charge in [-0.05, 0) is 50.4 Å². The Balaban J connectivity index is 1.73. The van der Waals surface area contributed by atoms with E-state index in [0.29, 0.717) is 36.1 Å². The van der Waals surface area contributed by atoms with E-state index in [9.17, 15) is 9.59 Å². The van der Waals surface area contributed by atoms with Gasteiger partial charge in [0.05, 0.1) is 0 Å². The first-order valence-electron chi connectivity index (χ1n) is 9.52. The van der Waals surface area contributed by atoms with Crippen LogP contribution in [0.25, 0.3) is 0 Å². The van der Waals surface area contributed by atoms with Crippen LogP contribution in [0.4, 0.5) is 0 Å². The number of Topliss-reactive ketones (excluding diaryl/α,β-unsaturated/α-hetero) is 1. The Kier molecular flexibility index (Phi) is 5.57. The Hall–Kier alpha value is -1.69. The molecule has 0 spiro atoms. The Morgan fingerprint density at radius 3 is 2.48 bits per heavy atom. The predicted octanol–water partition coefficient (Wildman–Crippen LogP) is 3.03. The van der Waals surface area contributed by atoms with Gasteiger partial charge >= 0.3 is 0 Å². The van der Waals surface area contributed by atoms with Crippen LogP contribution < -0.4 is 11.1 Å². The van der Waals surface area contributed by atoms with Gasteiger partial charge in [-0.3, -0.25) is 9.59 Å². The van der Waals surface area contributed by atoms with Crippen molar-refractivity contribution in [3.05, 3.63) is 17.0 Å². The largest absolute Gasteiger partial charge is 0.359 e. The molecule has 138 valence electrons. The molecule has 1 heterocycles. The van der Waals surface area contributed by atoms with Crippen LogP contribution in [0.2, 0.25) is 0 Å². The molecule has 0 radical (unpaired) electrons. The fourth-order valence-corrected chi connectivity index (χ4v) is 3.47. The van der Waals surface area contributed by atoms with Crippen LogP contribution in [0.5, 0.6) is 0 Å². The van der Waals surface area contributed by atoms with Gasteiger partial charge in [-0.15, -0.1) is 0 Å². The number of amides is 1. The molecule has 0 bridgehead atoms. The van der Waals surface area contributed by atoms with Gasteiger partial charge in [0.1, 0.15) is 5.56 Å². The molecule has 25 heavy (non-hydrogen) atoms. The average Bonchev–Trinajstić information content (AvgIpc) is 3.32. The highest BCUT2D eigenvalue weighted by molar-refractivity contribution is 6.07. The zero-order chi connectivity index (χ0) is 18.0. The van der Waals surface area contributed by atoms with E-state index in [-0.39, 0.29) is 29.3 Å². The Morgan fingerprint density at radius 2 is 1.88 bits per heavy atom. The van der Waals surface area contributed by atoms with Crippen LogP contribution in [0.1, 0.15) is 91.3 Å². The monoisotopic (exact) mass is 347 g/mol. The lowest BCUT2D eigenvalue weighted by Gasteiger charge is -2.25. The normalized spacial score (nSPS) is 23.7. The summed E-state index contributed by atoms with van der Waals surface area (Å²) in [4.78, 5) is 25.4. The van der Waals surface area contributed by atoms with Gasteiger partial charge in [0, 0.05) is 24.9 Å². The number of nitrogens with one attached hydrogen (secondary N) is 1. The fourth-order valence-electron chi connectivity index (χ4n) is 3.47. The molecule has 0 unspecified atom stereocenters. The zero-order valence-electron chi connectivity index (χ0n) is 15.2. The molecule has 1 amide bonds. The summed E-state index contributed by atoms with van der Waals surface area (Å²) < 4.78 is 5.42. The lowest BCUT2D eigenvalue weighted by Crippen LogP contribution is -2.30. The van der Waals surface area contributed by atoms with Crippen molar-refractivity contribution in [1.82, 2.24) is 10.5 Å². The second-order valence-corrected chi connectivity index (χ2v) is 8.06. The summed E-state index contributed by atoms with van der Waals surface area (Å²) in [5, 5.41) is 6.90. The first-order chi connectivity index (χ1) is 12.0. The first kappa shape index (κ1) is 18.1. The van der Waals surface area contributed by atoms with Gasteiger partial charge in [0.25, 0.3) is 5.91 Å². The van der Waals surface area contributed by atoms with E-state index < -0.39 is 0 Å². The molecular formula is C19H29N3O3. The van der Waals surface area contributed by atoms with Crippen molar-refractivity contribution in [3.8, 4) is 0 Å². The SMILES string of the molecule is CC(C)CNC(=O)c1c(C(=O)CC2CCC(N)CC2)noc1C1CC1. The molecule has 2 fully saturated rings. The molecule has 6 heteroatoms. The molecule has 1 aromatic rings. The summed E-state index contributed by atoms with van der Waals surface area (Å²) in [5.74, 6) is 1.20. The minimum Gasteiger partial charge on any atom is -0.359 e. The molecule has 0 aromatic carbocycles. The maximum atomic E-state index is 12.8. The Bertz CT molecular complexity index is 626. The second kappa shape index (κ2) is 7.68. The third-order valence-corrected chi connectivity index (χ3v) is 5.19. The quantitative estimate of drug-likeness (QED) is 0.739. The van der Waals surface area contributed by atoms with Crippen molar-refractivity contribution in [2.24, 2.45) is 17.6 Å². The minimum absolute atomic E-state index is 0.0779. The second-order valence-electron chi connectivity index (χ2n) is 8.06. The van der Waals surface area contributed by atoms with E-state index in [2.05, 4.69) is 10.5 Å². The molecule has 6 nitrogen and oxygen atoms in total. The standard InChI is InChI=1S/C19H29N3O3/c1-11(2)10-21-19(24)16-17(22-25-18(16)13-5-6-13)15(23)9-12-3-7-14(20)8-4-12/h11-14H,3-10,20H2,1-2H3,(H,21,24). The van der Waals surface area contributed by atoms with Gasteiger partial charge in [-0.2, -0.15) is 0 Å². The van der Waals surface area contributed by atoms with E-state index in [1.807, 2.05) is 13.8 Å². The summed E-state index contributed by atoms with van der Waals surface area (Å²) in [5.41, 5.74) is 6.53. The topological polar surface area (TPSA) is 98.2 Å². The third kappa shape index (κ3) is 4.48. The predicted molar refractivity (Wildman–Crippen MR) is 94.5 cm³/mol. The number of hydrogen-bond donors (Lipinski definition) is 2. The van der Waals surface area contributed by atoms with E-state index in [1.165, 1.54) is 0 Å². The molecule has 0 aliphatic heterocycles. The fraction of sp³-hybridized carbons (Fsp3) is 0.737. The maximum absolute atomic E-state index is 12.8. The van der Waals surface area contributed by atoms with Crippen LogP contribution in [-0.2, 0) is 0 Å². The number of aromatic nitrogens is 1. The highest BCUT2D eigenvalue weighted by atomic mass is 16.5. The van der Waals surface area contributed by atoms with Gasteiger partial charge in [-0.1, -0.05) is 19.0 Å². The summed E-state index contributed by atoms with van der Waals surface area (Å²) >= 11 is 0. The van der Waals surface area contributed by atoms with Crippen molar-refractivity contribution in [2.75, 3.05) is 6.54 Å². The Labute approximate surface area is 148 Å². The molecule has 1 aromatic heterocycles. The number of rotatable bonds is 7. The molecule has 2 aliphatic rings. The van der Waals surface area contributed by atoms with E-state index in [1.54, 1.807) is 0 Å². The van der Waals surface area contributed by atoms with Crippen molar-refractivity contribution >= 4 is 11.7 Å². The van der Waals surface area contributed by atoms with Crippen molar-refractivity contribution in [3.63, 3.8) is 0 Å². The lowest BCUT2D eigenvalue weighted by molar-refractivity contribution is 0.0911. The molecule has 2 aliphatic carbocycles. The van der Waals surface area contributed by atoms with Gasteiger partial charge in [-0.25, -0.2) is 0 Å². The summed E-state index contributed by atoms with van der Waals surface area (Å²) in [7, 11) is 0. The van der Waals surface area contributed by atoms with E-state index in [0.717, 1.165) is 38.5 Å². The summed E-state index contributed by atoms with van der Waals surface area (Å²) in [6.07, 6.45) is 6.28. The number of carbonyl (C=O) groups excluding carboxylic acids is 2. The van der Waals surface area contributed by atoms with Crippen LogP contribution in [0, 0.1) is 11.8 Å². The molecular weight excluding hydrogens is 318 g/mol. The Morgan fingerprint density at radius 1 is 1.20 bits per heavy atom. The van der Waals surface area contributed by atoms with E-state index in [4.69, 9.17) is 10.3 Å². The number of nitrogens with two attached hydrogens (primary N) is 1. The highest BCUT2D eigenvalue weighted by Gasteiger charge is 2.37. The van der Waals surface area contributed by atoms with Gasteiger partial charge in [0.2, 0.25) is 0 Å². The van der Waals surface area contributed by atoms with Crippen molar-refractivity contribution < 1.29 is 14.1 Å². The number of hydrogen-bond acceptors (Lipinski definition) is 5. The molecule has 3 N–H and O–H groups in total. The summed E-state index contributed by atoms with van der Waals surface area (Å²) in [6.45, 7) is 4.65. The van der Waals surface area contributed by atoms with Crippen LogP contribution in [0.15, 0.2) is 4.52 Å². The van der Waals surface area contributed by atoms with Crippen molar-refractivity contribution in [1.29, 1.82) is 0 Å². The van der Waals surface area contributed by atoms with Crippen molar-refractivity contribution in [2.45, 2.75) is 70.8 Å². The number of nitrogens with zero attached hydrogens (tertiary/aromatic N) is 1.